The Kier molecular flexibility index (Phi) is 4.76. The lowest BCUT2D eigenvalue weighted by Gasteiger charge is -2.31. The van der Waals surface area contributed by atoms with E-state index >= 15 is 0 Å². The lowest BCUT2D eigenvalue weighted by molar-refractivity contribution is 0.581. The molecule has 5 nitrogen and oxygen atoms in total. The van der Waals surface area contributed by atoms with Gasteiger partial charge in [-0.05, 0) is 43.2 Å². The quantitative estimate of drug-likeness (QED) is 0.474. The zero-order valence-electron chi connectivity index (χ0n) is 18.2. The summed E-state index contributed by atoms with van der Waals surface area (Å²) in [6.07, 6.45) is 3.10. The highest BCUT2D eigenvalue weighted by molar-refractivity contribution is 5.94. The summed E-state index contributed by atoms with van der Waals surface area (Å²) in [5.41, 5.74) is 5.65. The fourth-order valence-electron chi connectivity index (χ4n) is 5.11. The molecule has 2 aliphatic heterocycles. The highest BCUT2D eigenvalue weighted by atomic mass is 15.3. The molecule has 0 saturated carbocycles. The molecule has 32 heavy (non-hydrogen) atoms. The number of para-hydroxylation sites is 1. The van der Waals surface area contributed by atoms with E-state index in [1.54, 1.807) is 0 Å². The van der Waals surface area contributed by atoms with Crippen molar-refractivity contribution in [1.82, 2.24) is 15.3 Å². The predicted molar refractivity (Wildman–Crippen MR) is 131 cm³/mol. The average molecular weight is 422 g/mol. The molecule has 0 spiro atoms. The second-order valence-corrected chi connectivity index (χ2v) is 8.90. The summed E-state index contributed by atoms with van der Waals surface area (Å²) in [6.45, 7) is 4.29. The zero-order valence-corrected chi connectivity index (χ0v) is 18.2. The van der Waals surface area contributed by atoms with E-state index in [0.29, 0.717) is 12.1 Å². The number of nitrogens with zero attached hydrogens (tertiary/aromatic N) is 3. The first-order valence-electron chi connectivity index (χ1n) is 11.4. The van der Waals surface area contributed by atoms with Crippen molar-refractivity contribution in [1.29, 1.82) is 0 Å². The maximum absolute atomic E-state index is 5.02. The molecule has 0 radical (unpaired) electrons. The first-order valence-corrected chi connectivity index (χ1v) is 11.4. The number of aromatic nitrogens is 2. The van der Waals surface area contributed by atoms with Gasteiger partial charge in [0, 0.05) is 54.0 Å². The minimum atomic E-state index is 0.173. The summed E-state index contributed by atoms with van der Waals surface area (Å²) in [5, 5.41) is 8.39. The van der Waals surface area contributed by atoms with E-state index < -0.39 is 0 Å². The lowest BCUT2D eigenvalue weighted by Crippen LogP contribution is -2.43. The molecule has 2 bridgehead atoms. The summed E-state index contributed by atoms with van der Waals surface area (Å²) >= 11 is 0. The number of hydrogen-bond donors (Lipinski definition) is 2. The number of benzene rings is 2. The van der Waals surface area contributed by atoms with Crippen LogP contribution in [0.25, 0.3) is 22.2 Å². The standard InChI is InChI=1S/C27H27N5/c1-18(19-7-3-2-4-8-19)30-27-13-20(11-12-28-27)25-15-26(23-9-5-6-10-24(23)31-25)32-17-21-14-22(32)16-29-21/h2-13,15,18,21-22,29H,14,16-17H2,1H3,(H,28,30)/t18-,21?,22?/m0/s1. The molecule has 2 fully saturated rings. The van der Waals surface area contributed by atoms with Gasteiger partial charge in [0.2, 0.25) is 0 Å². The monoisotopic (exact) mass is 421 g/mol. The first-order chi connectivity index (χ1) is 15.7. The van der Waals surface area contributed by atoms with Crippen LogP contribution in [0.1, 0.15) is 24.9 Å². The van der Waals surface area contributed by atoms with E-state index in [0.717, 1.165) is 35.7 Å². The van der Waals surface area contributed by atoms with Gasteiger partial charge in [-0.1, -0.05) is 48.5 Å². The fourth-order valence-corrected chi connectivity index (χ4v) is 5.11. The van der Waals surface area contributed by atoms with Crippen LogP contribution in [0.3, 0.4) is 0 Å². The van der Waals surface area contributed by atoms with Crippen LogP contribution in [-0.4, -0.2) is 35.1 Å². The highest BCUT2D eigenvalue weighted by Gasteiger charge is 2.38. The fraction of sp³-hybridized carbons (Fsp3) is 0.259. The smallest absolute Gasteiger partial charge is 0.127 e. The molecule has 0 aliphatic carbocycles. The van der Waals surface area contributed by atoms with Crippen molar-refractivity contribution in [3.05, 3.63) is 84.6 Å². The van der Waals surface area contributed by atoms with Gasteiger partial charge >= 0.3 is 0 Å². The molecule has 2 aliphatic rings. The Hall–Kier alpha value is -3.44. The Morgan fingerprint density at radius 1 is 1.03 bits per heavy atom. The molecule has 2 saturated heterocycles. The Bertz CT molecular complexity index is 1260. The summed E-state index contributed by atoms with van der Waals surface area (Å²) in [7, 11) is 0. The van der Waals surface area contributed by atoms with Crippen LogP contribution in [0, 0.1) is 0 Å². The van der Waals surface area contributed by atoms with Gasteiger partial charge in [-0.15, -0.1) is 0 Å². The van der Waals surface area contributed by atoms with Gasteiger partial charge in [0.1, 0.15) is 5.82 Å². The van der Waals surface area contributed by atoms with Gasteiger partial charge < -0.3 is 15.5 Å². The molecule has 5 heteroatoms. The summed E-state index contributed by atoms with van der Waals surface area (Å²) in [4.78, 5) is 12.2. The Labute approximate surface area is 188 Å². The van der Waals surface area contributed by atoms with Gasteiger partial charge in [0.15, 0.2) is 0 Å². The van der Waals surface area contributed by atoms with Crippen LogP contribution < -0.4 is 15.5 Å². The molecule has 2 aromatic heterocycles. The number of anilines is 2. The van der Waals surface area contributed by atoms with Crippen LogP contribution >= 0.6 is 0 Å². The Morgan fingerprint density at radius 2 is 1.88 bits per heavy atom. The highest BCUT2D eigenvalue weighted by Crippen LogP contribution is 2.37. The van der Waals surface area contributed by atoms with Crippen LogP contribution in [0.15, 0.2) is 79.0 Å². The molecule has 4 heterocycles. The minimum absolute atomic E-state index is 0.173. The summed E-state index contributed by atoms with van der Waals surface area (Å²) in [5.74, 6) is 0.861. The molecule has 4 aromatic rings. The van der Waals surface area contributed by atoms with Gasteiger partial charge in [-0.2, -0.15) is 0 Å². The number of nitrogens with one attached hydrogen (secondary N) is 2. The number of hydrogen-bond acceptors (Lipinski definition) is 5. The van der Waals surface area contributed by atoms with Crippen molar-refractivity contribution in [3.63, 3.8) is 0 Å². The molecule has 2 unspecified atom stereocenters. The summed E-state index contributed by atoms with van der Waals surface area (Å²) in [6, 6.07) is 26.7. The summed E-state index contributed by atoms with van der Waals surface area (Å²) < 4.78 is 0. The predicted octanol–water partition coefficient (Wildman–Crippen LogP) is 5.02. The van der Waals surface area contributed by atoms with Gasteiger partial charge in [-0.25, -0.2) is 9.97 Å². The second-order valence-electron chi connectivity index (χ2n) is 8.90. The van der Waals surface area contributed by atoms with E-state index in [1.807, 2.05) is 12.3 Å². The minimum Gasteiger partial charge on any atom is -0.365 e. The van der Waals surface area contributed by atoms with Crippen molar-refractivity contribution in [3.8, 4) is 11.3 Å². The van der Waals surface area contributed by atoms with Crippen LogP contribution in [0.5, 0.6) is 0 Å². The third kappa shape index (κ3) is 3.49. The van der Waals surface area contributed by atoms with Crippen molar-refractivity contribution >= 4 is 22.4 Å². The zero-order chi connectivity index (χ0) is 21.5. The maximum Gasteiger partial charge on any atom is 0.127 e. The third-order valence-electron chi connectivity index (χ3n) is 6.78. The Morgan fingerprint density at radius 3 is 2.69 bits per heavy atom. The van der Waals surface area contributed by atoms with Crippen LogP contribution in [0.4, 0.5) is 11.5 Å². The molecule has 6 rings (SSSR count). The largest absolute Gasteiger partial charge is 0.365 e. The van der Waals surface area contributed by atoms with E-state index in [4.69, 9.17) is 4.98 Å². The third-order valence-corrected chi connectivity index (χ3v) is 6.78. The maximum atomic E-state index is 5.02. The molecular weight excluding hydrogens is 394 g/mol. The number of piperazine rings is 1. The van der Waals surface area contributed by atoms with Crippen LogP contribution in [0.2, 0.25) is 0 Å². The van der Waals surface area contributed by atoms with E-state index in [-0.39, 0.29) is 6.04 Å². The van der Waals surface area contributed by atoms with E-state index in [9.17, 15) is 0 Å². The van der Waals surface area contributed by atoms with Crippen molar-refractivity contribution in [2.45, 2.75) is 31.5 Å². The average Bonchev–Trinajstić information content (AvgIpc) is 3.48. The van der Waals surface area contributed by atoms with E-state index in [2.05, 4.69) is 94.2 Å². The van der Waals surface area contributed by atoms with Crippen molar-refractivity contribution in [2.75, 3.05) is 23.3 Å². The van der Waals surface area contributed by atoms with Crippen molar-refractivity contribution in [2.24, 2.45) is 0 Å². The van der Waals surface area contributed by atoms with Gasteiger partial charge in [-0.3, -0.25) is 0 Å². The van der Waals surface area contributed by atoms with E-state index in [1.165, 1.54) is 23.1 Å². The number of pyridine rings is 2. The number of rotatable bonds is 5. The SMILES string of the molecule is C[C@H](Nc1cc(-c2cc(N3CC4CC3CN4)c3ccccc3n2)ccn1)c1ccccc1. The lowest BCUT2D eigenvalue weighted by atomic mass is 10.1. The van der Waals surface area contributed by atoms with Crippen molar-refractivity contribution < 1.29 is 0 Å². The molecule has 0 amide bonds. The number of fused-ring (bicyclic) bond motifs is 3. The van der Waals surface area contributed by atoms with Crippen LogP contribution in [-0.2, 0) is 0 Å². The molecular formula is C27H27N5. The molecule has 3 atom stereocenters. The normalized spacial score (nSPS) is 20.6. The van der Waals surface area contributed by atoms with Gasteiger partial charge in [0.25, 0.3) is 0 Å². The van der Waals surface area contributed by atoms with Gasteiger partial charge in [0.05, 0.1) is 11.2 Å². The molecule has 160 valence electrons. The topological polar surface area (TPSA) is 53.1 Å². The molecule has 2 N–H and O–H groups in total. The second kappa shape index (κ2) is 7.92. The Balaban J connectivity index is 1.36. The first kappa shape index (κ1) is 19.3. The molecule has 2 aromatic carbocycles.